The topological polar surface area (TPSA) is 107 Å². The number of amides is 1. The van der Waals surface area contributed by atoms with Crippen LogP contribution in [-0.2, 0) is 4.79 Å². The summed E-state index contributed by atoms with van der Waals surface area (Å²) in [6.45, 7) is 1.41. The summed E-state index contributed by atoms with van der Waals surface area (Å²) in [6.07, 6.45) is -0.0896. The summed E-state index contributed by atoms with van der Waals surface area (Å²) in [5.41, 5.74) is 0.791. The molecule has 0 aliphatic heterocycles. The summed E-state index contributed by atoms with van der Waals surface area (Å²) in [4.78, 5) is 22.6. The summed E-state index contributed by atoms with van der Waals surface area (Å²) in [5, 5.41) is 29.3. The molecule has 1 aromatic carbocycles. The van der Waals surface area contributed by atoms with Crippen molar-refractivity contribution in [3.05, 3.63) is 29.3 Å². The van der Waals surface area contributed by atoms with Crippen LogP contribution >= 0.6 is 0 Å². The number of aliphatic hydroxyl groups excluding tert-OH is 1. The fraction of sp³-hybridized carbons (Fsp3) is 0.333. The standard InChI is InChI=1S/C12H15NO5/c1-7-2-3-8(10(15)6-7)11(16)13-9(4-5-14)12(17)18/h2-3,6,9,14-15H,4-5H2,1H3,(H,13,16)(H,17,18). The highest BCUT2D eigenvalue weighted by molar-refractivity contribution is 5.98. The molecule has 0 saturated carbocycles. The van der Waals surface area contributed by atoms with Crippen LogP contribution in [-0.4, -0.2) is 39.8 Å². The molecule has 0 saturated heterocycles. The van der Waals surface area contributed by atoms with Crippen molar-refractivity contribution in [1.29, 1.82) is 0 Å². The molecule has 1 aromatic rings. The molecule has 0 aliphatic carbocycles. The average molecular weight is 253 g/mol. The second-order valence-corrected chi connectivity index (χ2v) is 3.90. The molecular formula is C12H15NO5. The molecule has 0 aliphatic rings. The predicted octanol–water partition coefficient (Wildman–Crippen LogP) is 0.266. The van der Waals surface area contributed by atoms with Gasteiger partial charge in [-0.25, -0.2) is 4.79 Å². The summed E-state index contributed by atoms with van der Waals surface area (Å²) >= 11 is 0. The minimum absolute atomic E-state index is 0.00443. The van der Waals surface area contributed by atoms with Crippen molar-refractivity contribution in [2.45, 2.75) is 19.4 Å². The monoisotopic (exact) mass is 253 g/mol. The molecule has 4 N–H and O–H groups in total. The number of rotatable bonds is 5. The molecule has 98 valence electrons. The van der Waals surface area contributed by atoms with Gasteiger partial charge < -0.3 is 20.6 Å². The van der Waals surface area contributed by atoms with E-state index in [0.717, 1.165) is 5.56 Å². The van der Waals surface area contributed by atoms with Gasteiger partial charge in [-0.3, -0.25) is 4.79 Å². The van der Waals surface area contributed by atoms with Crippen LogP contribution in [0.4, 0.5) is 0 Å². The molecule has 18 heavy (non-hydrogen) atoms. The first kappa shape index (κ1) is 14.0. The molecule has 0 fully saturated rings. The Hall–Kier alpha value is -2.08. The van der Waals surface area contributed by atoms with E-state index in [0.29, 0.717) is 0 Å². The minimum Gasteiger partial charge on any atom is -0.507 e. The van der Waals surface area contributed by atoms with Crippen LogP contribution in [0, 0.1) is 6.92 Å². The summed E-state index contributed by atoms with van der Waals surface area (Å²) in [6, 6.07) is 3.29. The number of aliphatic hydroxyl groups is 1. The predicted molar refractivity (Wildman–Crippen MR) is 63.4 cm³/mol. The third-order valence-corrected chi connectivity index (χ3v) is 2.42. The van der Waals surface area contributed by atoms with Crippen LogP contribution < -0.4 is 5.32 Å². The Morgan fingerprint density at radius 2 is 2.06 bits per heavy atom. The number of carboxylic acids is 1. The number of nitrogens with one attached hydrogen (secondary N) is 1. The zero-order valence-corrected chi connectivity index (χ0v) is 9.88. The van der Waals surface area contributed by atoms with E-state index in [1.54, 1.807) is 13.0 Å². The van der Waals surface area contributed by atoms with Gasteiger partial charge in [0.05, 0.1) is 5.56 Å². The molecule has 1 amide bonds. The first-order valence-corrected chi connectivity index (χ1v) is 5.40. The Morgan fingerprint density at radius 1 is 1.39 bits per heavy atom. The van der Waals surface area contributed by atoms with Crippen molar-refractivity contribution >= 4 is 11.9 Å². The Labute approximate surface area is 104 Å². The number of carboxylic acid groups (broad SMARTS) is 1. The highest BCUT2D eigenvalue weighted by Gasteiger charge is 2.21. The third kappa shape index (κ3) is 3.46. The Bertz CT molecular complexity index is 458. The zero-order chi connectivity index (χ0) is 13.7. The maximum Gasteiger partial charge on any atom is 0.326 e. The molecular weight excluding hydrogens is 238 g/mol. The van der Waals surface area contributed by atoms with E-state index in [1.807, 2.05) is 0 Å². The smallest absolute Gasteiger partial charge is 0.326 e. The largest absolute Gasteiger partial charge is 0.507 e. The average Bonchev–Trinajstić information content (AvgIpc) is 2.27. The molecule has 6 nitrogen and oxygen atoms in total. The van der Waals surface area contributed by atoms with Gasteiger partial charge in [-0.2, -0.15) is 0 Å². The molecule has 0 aromatic heterocycles. The first-order valence-electron chi connectivity index (χ1n) is 5.40. The number of hydrogen-bond acceptors (Lipinski definition) is 4. The minimum atomic E-state index is -1.23. The molecule has 0 spiro atoms. The lowest BCUT2D eigenvalue weighted by molar-refractivity contribution is -0.139. The van der Waals surface area contributed by atoms with E-state index in [9.17, 15) is 14.7 Å². The molecule has 0 heterocycles. The van der Waals surface area contributed by atoms with Crippen LogP contribution in [0.5, 0.6) is 5.75 Å². The maximum atomic E-state index is 11.8. The zero-order valence-electron chi connectivity index (χ0n) is 9.88. The highest BCUT2D eigenvalue weighted by Crippen LogP contribution is 2.18. The quantitative estimate of drug-likeness (QED) is 0.602. The molecule has 0 bridgehead atoms. The van der Waals surface area contributed by atoms with Gasteiger partial charge in [0, 0.05) is 13.0 Å². The van der Waals surface area contributed by atoms with Crippen LogP contribution in [0.15, 0.2) is 18.2 Å². The lowest BCUT2D eigenvalue weighted by Crippen LogP contribution is -2.41. The second-order valence-electron chi connectivity index (χ2n) is 3.90. The van der Waals surface area contributed by atoms with Crippen molar-refractivity contribution in [3.8, 4) is 5.75 Å². The number of hydrogen-bond donors (Lipinski definition) is 4. The lowest BCUT2D eigenvalue weighted by Gasteiger charge is -2.13. The van der Waals surface area contributed by atoms with Crippen molar-refractivity contribution in [2.75, 3.05) is 6.61 Å². The van der Waals surface area contributed by atoms with E-state index >= 15 is 0 Å². The number of aryl methyl sites for hydroxylation is 1. The molecule has 1 atom stereocenters. The normalized spacial score (nSPS) is 11.9. The van der Waals surface area contributed by atoms with Gasteiger partial charge in [-0.15, -0.1) is 0 Å². The van der Waals surface area contributed by atoms with Gasteiger partial charge in [0.2, 0.25) is 0 Å². The number of benzene rings is 1. The number of carbonyl (C=O) groups excluding carboxylic acids is 1. The number of phenols is 1. The molecule has 0 radical (unpaired) electrons. The van der Waals surface area contributed by atoms with Gasteiger partial charge in [0.25, 0.3) is 5.91 Å². The summed E-state index contributed by atoms with van der Waals surface area (Å²) in [7, 11) is 0. The van der Waals surface area contributed by atoms with Crippen molar-refractivity contribution in [1.82, 2.24) is 5.32 Å². The van der Waals surface area contributed by atoms with Crippen LogP contribution in [0.2, 0.25) is 0 Å². The lowest BCUT2D eigenvalue weighted by atomic mass is 10.1. The number of aromatic hydroxyl groups is 1. The molecule has 1 rings (SSSR count). The fourth-order valence-electron chi connectivity index (χ4n) is 1.46. The van der Waals surface area contributed by atoms with Gasteiger partial charge in [0.15, 0.2) is 0 Å². The van der Waals surface area contributed by atoms with Crippen molar-refractivity contribution in [3.63, 3.8) is 0 Å². The van der Waals surface area contributed by atoms with Gasteiger partial charge >= 0.3 is 5.97 Å². The van der Waals surface area contributed by atoms with Crippen LogP contribution in [0.3, 0.4) is 0 Å². The number of carbonyl (C=O) groups is 2. The van der Waals surface area contributed by atoms with Gasteiger partial charge in [-0.1, -0.05) is 6.07 Å². The van der Waals surface area contributed by atoms with E-state index in [2.05, 4.69) is 5.32 Å². The highest BCUT2D eigenvalue weighted by atomic mass is 16.4. The fourth-order valence-corrected chi connectivity index (χ4v) is 1.46. The Kier molecular flexibility index (Phi) is 4.67. The second kappa shape index (κ2) is 6.02. The van der Waals surface area contributed by atoms with E-state index in [-0.39, 0.29) is 24.3 Å². The maximum absolute atomic E-state index is 11.8. The van der Waals surface area contributed by atoms with Crippen LogP contribution in [0.1, 0.15) is 22.3 Å². The van der Waals surface area contributed by atoms with Crippen molar-refractivity contribution in [2.24, 2.45) is 0 Å². The van der Waals surface area contributed by atoms with E-state index in [4.69, 9.17) is 10.2 Å². The molecule has 6 heteroatoms. The number of phenolic OH excluding ortho intramolecular Hbond substituents is 1. The van der Waals surface area contributed by atoms with Gasteiger partial charge in [-0.05, 0) is 24.6 Å². The Balaban J connectivity index is 2.83. The summed E-state index contributed by atoms with van der Waals surface area (Å²) in [5.74, 6) is -2.13. The molecule has 1 unspecified atom stereocenters. The third-order valence-electron chi connectivity index (χ3n) is 2.42. The first-order chi connectivity index (χ1) is 8.45. The summed E-state index contributed by atoms with van der Waals surface area (Å²) < 4.78 is 0. The Morgan fingerprint density at radius 3 is 2.56 bits per heavy atom. The van der Waals surface area contributed by atoms with Crippen molar-refractivity contribution < 1.29 is 24.9 Å². The van der Waals surface area contributed by atoms with E-state index in [1.165, 1.54) is 12.1 Å². The van der Waals surface area contributed by atoms with Gasteiger partial charge in [0.1, 0.15) is 11.8 Å². The van der Waals surface area contributed by atoms with Crippen LogP contribution in [0.25, 0.3) is 0 Å². The number of aliphatic carboxylic acids is 1. The van der Waals surface area contributed by atoms with E-state index < -0.39 is 17.9 Å². The SMILES string of the molecule is Cc1ccc(C(=O)NC(CCO)C(=O)O)c(O)c1.